The van der Waals surface area contributed by atoms with Crippen LogP contribution in [0.5, 0.6) is 5.75 Å². The molecule has 0 aliphatic heterocycles. The van der Waals surface area contributed by atoms with Crippen molar-refractivity contribution in [3.8, 4) is 5.75 Å². The molecule has 2 N–H and O–H groups in total. The number of aliphatic hydroxyl groups is 1. The Kier molecular flexibility index (Phi) is 3.99. The van der Waals surface area contributed by atoms with Crippen molar-refractivity contribution in [2.75, 3.05) is 20.2 Å². The number of phenolic OH excluding ortho intramolecular Hbond substituents is 1. The average molecular weight is 217 g/mol. The van der Waals surface area contributed by atoms with Crippen molar-refractivity contribution in [2.24, 2.45) is 0 Å². The van der Waals surface area contributed by atoms with Crippen molar-refractivity contribution < 1.29 is 19.0 Å². The Labute approximate surface area is 86.6 Å². The van der Waals surface area contributed by atoms with E-state index in [1.807, 2.05) is 0 Å². The smallest absolute Gasteiger partial charge is 0.187 e. The minimum Gasteiger partial charge on any atom is -0.503 e. The highest BCUT2D eigenvalue weighted by Gasteiger charge is 2.10. The summed E-state index contributed by atoms with van der Waals surface area (Å²) in [5.41, 5.74) is 0.416. The predicted molar refractivity (Wildman–Crippen MR) is 51.4 cm³/mol. The molecular formula is C10H13F2NO2. The van der Waals surface area contributed by atoms with Gasteiger partial charge in [0.1, 0.15) is 0 Å². The molecule has 0 saturated heterocycles. The lowest BCUT2D eigenvalue weighted by Crippen LogP contribution is -2.21. The third-order valence-corrected chi connectivity index (χ3v) is 2.01. The molecule has 1 rings (SSSR count). The fourth-order valence-corrected chi connectivity index (χ4v) is 1.27. The second-order valence-corrected chi connectivity index (χ2v) is 3.37. The zero-order valence-corrected chi connectivity index (χ0v) is 8.37. The summed E-state index contributed by atoms with van der Waals surface area (Å²) in [6, 6.07) is 2.15. The lowest BCUT2D eigenvalue weighted by molar-refractivity contribution is 0.217. The number of phenols is 1. The van der Waals surface area contributed by atoms with Crippen LogP contribution >= 0.6 is 0 Å². The van der Waals surface area contributed by atoms with Crippen LogP contribution in [0.1, 0.15) is 5.56 Å². The average Bonchev–Trinajstić information content (AvgIpc) is 2.14. The first kappa shape index (κ1) is 11.9. The van der Waals surface area contributed by atoms with Crippen LogP contribution in [0.2, 0.25) is 0 Å². The maximum atomic E-state index is 12.9. The second kappa shape index (κ2) is 5.04. The SMILES string of the molecule is CN(CCO)Cc1cc(F)c(O)c(F)c1. The van der Waals surface area contributed by atoms with E-state index >= 15 is 0 Å². The predicted octanol–water partition coefficient (Wildman–Crippen LogP) is 1.09. The molecule has 0 fully saturated rings. The van der Waals surface area contributed by atoms with Crippen molar-refractivity contribution in [2.45, 2.75) is 6.54 Å². The van der Waals surface area contributed by atoms with E-state index in [9.17, 15) is 8.78 Å². The normalized spacial score (nSPS) is 11.0. The van der Waals surface area contributed by atoms with Crippen molar-refractivity contribution in [1.29, 1.82) is 0 Å². The van der Waals surface area contributed by atoms with Gasteiger partial charge < -0.3 is 10.2 Å². The number of halogens is 2. The summed E-state index contributed by atoms with van der Waals surface area (Å²) in [7, 11) is 1.72. The summed E-state index contributed by atoms with van der Waals surface area (Å²) in [5, 5.41) is 17.5. The van der Waals surface area contributed by atoms with E-state index < -0.39 is 17.4 Å². The van der Waals surface area contributed by atoms with Gasteiger partial charge in [0.15, 0.2) is 17.4 Å². The van der Waals surface area contributed by atoms with Gasteiger partial charge in [-0.1, -0.05) is 0 Å². The van der Waals surface area contributed by atoms with Crippen LogP contribution in [0.3, 0.4) is 0 Å². The first-order valence-electron chi connectivity index (χ1n) is 4.51. The van der Waals surface area contributed by atoms with Gasteiger partial charge in [-0.05, 0) is 24.7 Å². The zero-order chi connectivity index (χ0) is 11.4. The van der Waals surface area contributed by atoms with Crippen LogP contribution in [0, 0.1) is 11.6 Å². The molecule has 0 aromatic heterocycles. The van der Waals surface area contributed by atoms with E-state index in [1.54, 1.807) is 11.9 Å². The topological polar surface area (TPSA) is 43.7 Å². The van der Waals surface area contributed by atoms with E-state index in [1.165, 1.54) is 0 Å². The summed E-state index contributed by atoms with van der Waals surface area (Å²) >= 11 is 0. The lowest BCUT2D eigenvalue weighted by Gasteiger charge is -2.15. The third-order valence-electron chi connectivity index (χ3n) is 2.01. The fourth-order valence-electron chi connectivity index (χ4n) is 1.27. The highest BCUT2D eigenvalue weighted by atomic mass is 19.1. The van der Waals surface area contributed by atoms with Gasteiger partial charge in [-0.25, -0.2) is 8.78 Å². The van der Waals surface area contributed by atoms with Gasteiger partial charge in [-0.2, -0.15) is 0 Å². The number of benzene rings is 1. The van der Waals surface area contributed by atoms with Crippen molar-refractivity contribution in [3.05, 3.63) is 29.3 Å². The first-order chi connectivity index (χ1) is 7.04. The summed E-state index contributed by atoms with van der Waals surface area (Å²) in [5.74, 6) is -2.90. The Morgan fingerprint density at radius 1 is 1.27 bits per heavy atom. The summed E-state index contributed by atoms with van der Waals surface area (Å²) in [6.07, 6.45) is 0. The molecule has 0 aliphatic carbocycles. The quantitative estimate of drug-likeness (QED) is 0.793. The van der Waals surface area contributed by atoms with Crippen LogP contribution in [0.4, 0.5) is 8.78 Å². The number of hydrogen-bond donors (Lipinski definition) is 2. The molecule has 1 aromatic carbocycles. The molecule has 0 amide bonds. The maximum absolute atomic E-state index is 12.9. The van der Waals surface area contributed by atoms with Gasteiger partial charge in [-0.15, -0.1) is 0 Å². The summed E-state index contributed by atoms with van der Waals surface area (Å²) in [4.78, 5) is 1.71. The van der Waals surface area contributed by atoms with E-state index in [0.717, 1.165) is 12.1 Å². The Bertz CT molecular complexity index is 321. The van der Waals surface area contributed by atoms with Crippen LogP contribution in [0.15, 0.2) is 12.1 Å². The molecule has 0 heterocycles. The molecule has 0 spiro atoms. The number of hydrogen-bond acceptors (Lipinski definition) is 3. The monoisotopic (exact) mass is 217 g/mol. The number of likely N-dealkylation sites (N-methyl/N-ethyl adjacent to an activating group) is 1. The van der Waals surface area contributed by atoms with Crippen LogP contribution < -0.4 is 0 Å². The second-order valence-electron chi connectivity index (χ2n) is 3.37. The van der Waals surface area contributed by atoms with Gasteiger partial charge in [0.25, 0.3) is 0 Å². The van der Waals surface area contributed by atoms with Crippen molar-refractivity contribution in [3.63, 3.8) is 0 Å². The van der Waals surface area contributed by atoms with E-state index in [4.69, 9.17) is 10.2 Å². The van der Waals surface area contributed by atoms with Crippen LogP contribution in [-0.2, 0) is 6.54 Å². The summed E-state index contributed by atoms with van der Waals surface area (Å²) in [6.45, 7) is 0.721. The molecule has 0 unspecified atom stereocenters. The highest BCUT2D eigenvalue weighted by molar-refractivity contribution is 5.29. The summed E-state index contributed by atoms with van der Waals surface area (Å²) < 4.78 is 25.8. The van der Waals surface area contributed by atoms with Gasteiger partial charge >= 0.3 is 0 Å². The molecule has 0 atom stereocenters. The molecule has 5 heteroatoms. The molecule has 3 nitrogen and oxygen atoms in total. The van der Waals surface area contributed by atoms with Crippen LogP contribution in [-0.4, -0.2) is 35.3 Å². The molecule has 0 aliphatic rings. The molecule has 84 valence electrons. The number of rotatable bonds is 4. The Morgan fingerprint density at radius 3 is 2.27 bits per heavy atom. The maximum Gasteiger partial charge on any atom is 0.187 e. The highest BCUT2D eigenvalue weighted by Crippen LogP contribution is 2.21. The van der Waals surface area contributed by atoms with Gasteiger partial charge in [0.05, 0.1) is 6.61 Å². The molecule has 0 bridgehead atoms. The van der Waals surface area contributed by atoms with Crippen molar-refractivity contribution in [1.82, 2.24) is 4.90 Å². The molecule has 0 radical (unpaired) electrons. The van der Waals surface area contributed by atoms with Gasteiger partial charge in [-0.3, -0.25) is 4.90 Å². The molecule has 0 saturated carbocycles. The molecule has 1 aromatic rings. The van der Waals surface area contributed by atoms with Gasteiger partial charge in [0, 0.05) is 13.1 Å². The minimum absolute atomic E-state index is 0.0143. The third kappa shape index (κ3) is 3.14. The molecule has 15 heavy (non-hydrogen) atoms. The largest absolute Gasteiger partial charge is 0.503 e. The fraction of sp³-hybridized carbons (Fsp3) is 0.400. The van der Waals surface area contributed by atoms with E-state index in [-0.39, 0.29) is 6.61 Å². The standard InChI is InChI=1S/C10H13F2NO2/c1-13(2-3-14)6-7-4-8(11)10(15)9(12)5-7/h4-5,14-15H,2-3,6H2,1H3. The van der Waals surface area contributed by atoms with Crippen LogP contribution in [0.25, 0.3) is 0 Å². The van der Waals surface area contributed by atoms with Crippen molar-refractivity contribution >= 4 is 0 Å². The number of aromatic hydroxyl groups is 1. The number of aliphatic hydroxyl groups excluding tert-OH is 1. The van der Waals surface area contributed by atoms with Gasteiger partial charge in [0.2, 0.25) is 0 Å². The Morgan fingerprint density at radius 2 is 1.80 bits per heavy atom. The first-order valence-corrected chi connectivity index (χ1v) is 4.51. The Hall–Kier alpha value is -1.20. The Balaban J connectivity index is 2.78. The van der Waals surface area contributed by atoms with E-state index in [0.29, 0.717) is 18.7 Å². The minimum atomic E-state index is -0.970. The zero-order valence-electron chi connectivity index (χ0n) is 8.37. The van der Waals surface area contributed by atoms with E-state index in [2.05, 4.69) is 0 Å². The lowest BCUT2D eigenvalue weighted by atomic mass is 10.2. The molecular weight excluding hydrogens is 204 g/mol. The number of nitrogens with zero attached hydrogens (tertiary/aromatic N) is 1.